The first kappa shape index (κ1) is 11.2. The molecule has 0 rings (SSSR count). The second-order valence-electron chi connectivity index (χ2n) is 4.96. The van der Waals surface area contributed by atoms with Gasteiger partial charge in [-0.2, -0.15) is 0 Å². The van der Waals surface area contributed by atoms with E-state index in [1.807, 2.05) is 0 Å². The Kier molecular flexibility index (Phi) is 3.78. The Morgan fingerprint density at radius 1 is 1.09 bits per heavy atom. The van der Waals surface area contributed by atoms with Crippen molar-refractivity contribution < 1.29 is 0 Å². The second kappa shape index (κ2) is 3.72. The number of hydrogen-bond acceptors (Lipinski definition) is 0. The molecule has 2 heteroatoms. The fraction of sp³-hybridized carbons (Fsp3) is 0.778. The first-order valence-corrected chi connectivity index (χ1v) is 12.1. The average Bonchev–Trinajstić information content (AvgIpc) is 1.81. The van der Waals surface area contributed by atoms with Crippen LogP contribution in [0.15, 0.2) is 12.7 Å². The van der Waals surface area contributed by atoms with Crippen LogP contribution in [0, 0.1) is 0 Å². The van der Waals surface area contributed by atoms with Gasteiger partial charge in [0, 0.05) is 15.2 Å². The van der Waals surface area contributed by atoms with Crippen LogP contribution in [-0.2, 0) is 0 Å². The molecular weight excluding hydrogens is 164 g/mol. The summed E-state index contributed by atoms with van der Waals surface area (Å²) in [5.74, 6) is 0. The van der Waals surface area contributed by atoms with Gasteiger partial charge in [-0.1, -0.05) is 44.9 Å². The van der Waals surface area contributed by atoms with E-state index < -0.39 is 15.2 Å². The molecule has 0 aromatic rings. The number of rotatable bonds is 4. The molecule has 0 aromatic carbocycles. The van der Waals surface area contributed by atoms with E-state index >= 15 is 0 Å². The standard InChI is InChI=1S/C9H22Si2/c1-7-8-9-11(5,6)10(2,3)4/h7H,1,8-9H2,2-6H3. The van der Waals surface area contributed by atoms with E-state index in [1.54, 1.807) is 0 Å². The average molecular weight is 186 g/mol. The van der Waals surface area contributed by atoms with Crippen LogP contribution in [0.25, 0.3) is 0 Å². The van der Waals surface area contributed by atoms with Crippen molar-refractivity contribution in [3.8, 4) is 0 Å². The molecule has 0 unspecified atom stereocenters. The molecule has 0 N–H and O–H groups in total. The van der Waals surface area contributed by atoms with Crippen molar-refractivity contribution in [3.63, 3.8) is 0 Å². The molecule has 0 heterocycles. The van der Waals surface area contributed by atoms with Gasteiger partial charge in [0.25, 0.3) is 0 Å². The lowest BCUT2D eigenvalue weighted by atomic mass is 10.5. The predicted octanol–water partition coefficient (Wildman–Crippen LogP) is 3.69. The highest BCUT2D eigenvalue weighted by molar-refractivity contribution is 7.40. The summed E-state index contributed by atoms with van der Waals surface area (Å²) in [5, 5.41) is 0. The molecule has 66 valence electrons. The van der Waals surface area contributed by atoms with Crippen LogP contribution in [0.2, 0.25) is 38.8 Å². The molecule has 0 aliphatic rings. The largest absolute Gasteiger partial charge is 0.103 e. The maximum absolute atomic E-state index is 3.78. The summed E-state index contributed by atoms with van der Waals surface area (Å²) in [5.41, 5.74) is 0. The summed E-state index contributed by atoms with van der Waals surface area (Å²) in [6.45, 7) is 16.4. The zero-order valence-electron chi connectivity index (χ0n) is 8.70. The Labute approximate surface area is 73.5 Å². The van der Waals surface area contributed by atoms with Gasteiger partial charge in [0.15, 0.2) is 0 Å². The Balaban J connectivity index is 4.10. The molecule has 0 radical (unpaired) electrons. The topological polar surface area (TPSA) is 0 Å². The van der Waals surface area contributed by atoms with Crippen molar-refractivity contribution in [1.82, 2.24) is 0 Å². The maximum atomic E-state index is 3.78. The van der Waals surface area contributed by atoms with Crippen LogP contribution < -0.4 is 0 Å². The van der Waals surface area contributed by atoms with Gasteiger partial charge in [0.1, 0.15) is 0 Å². The van der Waals surface area contributed by atoms with Gasteiger partial charge >= 0.3 is 0 Å². The lowest BCUT2D eigenvalue weighted by Gasteiger charge is -2.35. The highest BCUT2D eigenvalue weighted by Crippen LogP contribution is 2.24. The van der Waals surface area contributed by atoms with Gasteiger partial charge in [-0.3, -0.25) is 0 Å². The van der Waals surface area contributed by atoms with Crippen LogP contribution in [0.4, 0.5) is 0 Å². The number of hydrogen-bond donors (Lipinski definition) is 0. The van der Waals surface area contributed by atoms with Crippen LogP contribution in [-0.4, -0.2) is 15.2 Å². The Morgan fingerprint density at radius 2 is 1.55 bits per heavy atom. The van der Waals surface area contributed by atoms with Gasteiger partial charge in [-0.15, -0.1) is 6.58 Å². The van der Waals surface area contributed by atoms with Crippen molar-refractivity contribution >= 4 is 15.2 Å². The Hall–Kier alpha value is 0.174. The first-order chi connectivity index (χ1) is 4.81. The third kappa shape index (κ3) is 3.38. The predicted molar refractivity (Wildman–Crippen MR) is 60.4 cm³/mol. The molecule has 0 spiro atoms. The van der Waals surface area contributed by atoms with Crippen molar-refractivity contribution in [2.45, 2.75) is 45.2 Å². The SMILES string of the molecule is C=CCC[Si](C)(C)[Si](C)(C)C. The van der Waals surface area contributed by atoms with Crippen molar-refractivity contribution in [2.24, 2.45) is 0 Å². The lowest BCUT2D eigenvalue weighted by molar-refractivity contribution is 1.18. The van der Waals surface area contributed by atoms with Crippen molar-refractivity contribution in [1.29, 1.82) is 0 Å². The zero-order chi connectivity index (χ0) is 9.12. The minimum atomic E-state index is -0.858. The van der Waals surface area contributed by atoms with E-state index in [0.717, 1.165) is 0 Å². The molecule has 0 saturated carbocycles. The summed E-state index contributed by atoms with van der Waals surface area (Å²) in [6, 6.07) is 1.44. The Morgan fingerprint density at radius 3 is 1.82 bits per heavy atom. The molecule has 0 bridgehead atoms. The molecule has 0 saturated heterocycles. The van der Waals surface area contributed by atoms with Crippen LogP contribution in [0.1, 0.15) is 6.42 Å². The third-order valence-corrected chi connectivity index (χ3v) is 21.5. The summed E-state index contributed by atoms with van der Waals surface area (Å²) in [6.07, 6.45) is 3.29. The molecule has 0 aliphatic heterocycles. The molecule has 0 atom stereocenters. The smallest absolute Gasteiger partial charge is 0.0413 e. The summed E-state index contributed by atoms with van der Waals surface area (Å²) < 4.78 is 0. The molecule has 11 heavy (non-hydrogen) atoms. The van der Waals surface area contributed by atoms with Crippen molar-refractivity contribution in [3.05, 3.63) is 12.7 Å². The van der Waals surface area contributed by atoms with Gasteiger partial charge in [-0.05, 0) is 6.42 Å². The van der Waals surface area contributed by atoms with E-state index in [1.165, 1.54) is 12.5 Å². The molecule has 0 amide bonds. The summed E-state index contributed by atoms with van der Waals surface area (Å²) in [7, 11) is -1.69. The van der Waals surface area contributed by atoms with E-state index in [-0.39, 0.29) is 0 Å². The minimum Gasteiger partial charge on any atom is -0.103 e. The molecule has 0 fully saturated rings. The fourth-order valence-electron chi connectivity index (χ4n) is 0.838. The molecular formula is C9H22Si2. The normalized spacial score (nSPS) is 13.2. The van der Waals surface area contributed by atoms with Gasteiger partial charge in [-0.25, -0.2) is 0 Å². The van der Waals surface area contributed by atoms with Gasteiger partial charge < -0.3 is 0 Å². The Bertz CT molecular complexity index is 131. The molecule has 0 aliphatic carbocycles. The number of allylic oxidation sites excluding steroid dienone is 1. The summed E-state index contributed by atoms with van der Waals surface area (Å²) in [4.78, 5) is 0. The van der Waals surface area contributed by atoms with Crippen LogP contribution >= 0.6 is 0 Å². The monoisotopic (exact) mass is 186 g/mol. The fourth-order valence-corrected chi connectivity index (χ4v) is 5.20. The molecule has 0 nitrogen and oxygen atoms in total. The maximum Gasteiger partial charge on any atom is 0.0413 e. The minimum absolute atomic E-state index is 0.831. The highest BCUT2D eigenvalue weighted by atomic mass is 29.3. The zero-order valence-corrected chi connectivity index (χ0v) is 10.7. The van der Waals surface area contributed by atoms with E-state index in [9.17, 15) is 0 Å². The van der Waals surface area contributed by atoms with E-state index in [4.69, 9.17) is 0 Å². The lowest BCUT2D eigenvalue weighted by Crippen LogP contribution is -2.51. The van der Waals surface area contributed by atoms with Gasteiger partial charge in [0.05, 0.1) is 0 Å². The first-order valence-electron chi connectivity index (χ1n) is 4.42. The van der Waals surface area contributed by atoms with Gasteiger partial charge in [0.2, 0.25) is 0 Å². The molecule has 0 aromatic heterocycles. The van der Waals surface area contributed by atoms with Crippen LogP contribution in [0.3, 0.4) is 0 Å². The van der Waals surface area contributed by atoms with E-state index in [2.05, 4.69) is 45.4 Å². The summed E-state index contributed by atoms with van der Waals surface area (Å²) >= 11 is 0. The highest BCUT2D eigenvalue weighted by Gasteiger charge is 2.35. The van der Waals surface area contributed by atoms with Crippen LogP contribution in [0.5, 0.6) is 0 Å². The quantitative estimate of drug-likeness (QED) is 0.464. The third-order valence-electron chi connectivity index (χ3n) is 3.00. The van der Waals surface area contributed by atoms with E-state index in [0.29, 0.717) is 0 Å². The van der Waals surface area contributed by atoms with Crippen molar-refractivity contribution in [2.75, 3.05) is 0 Å². The second-order valence-corrected chi connectivity index (χ2v) is 22.3.